The number of phenols is 1. The molecule has 0 spiro atoms. The Hall–Kier alpha value is -2.57. The molecule has 0 aliphatic carbocycles. The molecule has 2 aromatic rings. The molecule has 7 heteroatoms. The Morgan fingerprint density at radius 3 is 2.26 bits per heavy atom. The summed E-state index contributed by atoms with van der Waals surface area (Å²) < 4.78 is 54.1. The summed E-state index contributed by atoms with van der Waals surface area (Å²) in [5, 5.41) is 9.62. The van der Waals surface area contributed by atoms with Crippen molar-refractivity contribution in [2.45, 2.75) is 12.3 Å². The van der Waals surface area contributed by atoms with Gasteiger partial charge in [0.2, 0.25) is 0 Å². The SMILES string of the molecule is O=C(c1ccc(OCC(F)(F)C(F)F)cc1)c1ccccc1O. The van der Waals surface area contributed by atoms with Gasteiger partial charge in [0.25, 0.3) is 0 Å². The van der Waals surface area contributed by atoms with Gasteiger partial charge in [-0.1, -0.05) is 12.1 Å². The zero-order valence-corrected chi connectivity index (χ0v) is 11.7. The highest BCUT2D eigenvalue weighted by atomic mass is 19.3. The lowest BCUT2D eigenvalue weighted by Gasteiger charge is -2.16. The van der Waals surface area contributed by atoms with Crippen molar-refractivity contribution in [2.75, 3.05) is 6.61 Å². The van der Waals surface area contributed by atoms with Crippen LogP contribution in [-0.2, 0) is 0 Å². The molecule has 0 aromatic heterocycles. The maximum absolute atomic E-state index is 12.7. The molecule has 0 unspecified atom stereocenters. The lowest BCUT2D eigenvalue weighted by molar-refractivity contribution is -0.148. The van der Waals surface area contributed by atoms with Crippen molar-refractivity contribution in [1.82, 2.24) is 0 Å². The van der Waals surface area contributed by atoms with E-state index < -0.39 is 24.7 Å². The molecule has 0 heterocycles. The average molecular weight is 328 g/mol. The largest absolute Gasteiger partial charge is 0.507 e. The number of ketones is 1. The fraction of sp³-hybridized carbons (Fsp3) is 0.188. The van der Waals surface area contributed by atoms with Gasteiger partial charge in [0.15, 0.2) is 12.4 Å². The second kappa shape index (κ2) is 6.68. The summed E-state index contributed by atoms with van der Waals surface area (Å²) in [5.41, 5.74) is 0.282. The van der Waals surface area contributed by atoms with E-state index in [1.165, 1.54) is 36.4 Å². The zero-order chi connectivity index (χ0) is 17.0. The summed E-state index contributed by atoms with van der Waals surface area (Å²) in [6.07, 6.45) is -3.82. The van der Waals surface area contributed by atoms with E-state index in [0.717, 1.165) is 0 Å². The van der Waals surface area contributed by atoms with Gasteiger partial charge < -0.3 is 9.84 Å². The minimum absolute atomic E-state index is 0.0702. The number of carbonyl (C=O) groups excluding carboxylic acids is 1. The molecule has 3 nitrogen and oxygen atoms in total. The van der Waals surface area contributed by atoms with Crippen LogP contribution < -0.4 is 4.74 Å². The number of phenolic OH excluding ortho intramolecular Hbond substituents is 1. The first kappa shape index (κ1) is 16.8. The minimum Gasteiger partial charge on any atom is -0.507 e. The molecule has 23 heavy (non-hydrogen) atoms. The molecule has 0 radical (unpaired) electrons. The molecule has 2 aromatic carbocycles. The number of halogens is 4. The van der Waals surface area contributed by atoms with Gasteiger partial charge in [0.05, 0.1) is 5.56 Å². The quantitative estimate of drug-likeness (QED) is 0.646. The van der Waals surface area contributed by atoms with E-state index in [9.17, 15) is 27.5 Å². The van der Waals surface area contributed by atoms with Crippen molar-refractivity contribution in [3.8, 4) is 11.5 Å². The van der Waals surface area contributed by atoms with Crippen molar-refractivity contribution in [3.63, 3.8) is 0 Å². The standard InChI is InChI=1S/C16H12F4O3/c17-15(18)16(19,20)9-23-11-7-5-10(6-8-11)14(22)12-3-1-2-4-13(12)21/h1-8,15,21H,9H2. The summed E-state index contributed by atoms with van der Waals surface area (Å²) >= 11 is 0. The van der Waals surface area contributed by atoms with Crippen LogP contribution in [0.4, 0.5) is 17.6 Å². The van der Waals surface area contributed by atoms with Gasteiger partial charge in [-0.25, -0.2) is 8.78 Å². The number of para-hydroxylation sites is 1. The third kappa shape index (κ3) is 4.00. The molecular weight excluding hydrogens is 316 g/mol. The van der Waals surface area contributed by atoms with E-state index in [0.29, 0.717) is 0 Å². The van der Waals surface area contributed by atoms with Gasteiger partial charge in [-0.05, 0) is 36.4 Å². The predicted molar refractivity (Wildman–Crippen MR) is 74.4 cm³/mol. The van der Waals surface area contributed by atoms with Crippen molar-refractivity contribution in [3.05, 3.63) is 59.7 Å². The molecule has 0 amide bonds. The molecule has 0 bridgehead atoms. The van der Waals surface area contributed by atoms with Crippen LogP contribution in [0.1, 0.15) is 15.9 Å². The van der Waals surface area contributed by atoms with Crippen molar-refractivity contribution in [1.29, 1.82) is 0 Å². The maximum atomic E-state index is 12.7. The third-order valence-electron chi connectivity index (χ3n) is 3.02. The van der Waals surface area contributed by atoms with Gasteiger partial charge in [-0.15, -0.1) is 0 Å². The van der Waals surface area contributed by atoms with Gasteiger partial charge in [0, 0.05) is 5.56 Å². The summed E-state index contributed by atoms with van der Waals surface area (Å²) in [6.45, 7) is -1.46. The third-order valence-corrected chi connectivity index (χ3v) is 3.02. The van der Waals surface area contributed by atoms with E-state index >= 15 is 0 Å². The number of aromatic hydroxyl groups is 1. The molecule has 0 aliphatic rings. The molecule has 2 rings (SSSR count). The van der Waals surface area contributed by atoms with Gasteiger partial charge in [-0.3, -0.25) is 4.79 Å². The highest BCUT2D eigenvalue weighted by molar-refractivity contribution is 6.10. The Morgan fingerprint density at radius 1 is 1.09 bits per heavy atom. The normalized spacial score (nSPS) is 11.5. The highest BCUT2D eigenvalue weighted by Gasteiger charge is 2.41. The summed E-state index contributed by atoms with van der Waals surface area (Å²) in [7, 11) is 0. The number of alkyl halides is 4. The molecular formula is C16H12F4O3. The van der Waals surface area contributed by atoms with Crippen LogP contribution in [0.5, 0.6) is 11.5 Å². The Kier molecular flexibility index (Phi) is 4.88. The first-order valence-electron chi connectivity index (χ1n) is 6.53. The molecule has 0 saturated heterocycles. The molecule has 0 aliphatic heterocycles. The molecule has 0 fully saturated rings. The number of hydrogen-bond acceptors (Lipinski definition) is 3. The number of benzene rings is 2. The van der Waals surface area contributed by atoms with Gasteiger partial charge >= 0.3 is 12.3 Å². The minimum atomic E-state index is -4.25. The lowest BCUT2D eigenvalue weighted by atomic mass is 10.0. The monoisotopic (exact) mass is 328 g/mol. The van der Waals surface area contributed by atoms with E-state index in [-0.39, 0.29) is 22.6 Å². The van der Waals surface area contributed by atoms with Crippen molar-refractivity contribution < 1.29 is 32.2 Å². The fourth-order valence-corrected chi connectivity index (χ4v) is 1.77. The van der Waals surface area contributed by atoms with Crippen molar-refractivity contribution >= 4 is 5.78 Å². The Balaban J connectivity index is 2.08. The van der Waals surface area contributed by atoms with E-state index in [1.54, 1.807) is 12.1 Å². The number of carbonyl (C=O) groups is 1. The number of hydrogen-bond donors (Lipinski definition) is 1. The summed E-state index contributed by atoms with van der Waals surface area (Å²) in [6, 6.07) is 11.0. The van der Waals surface area contributed by atoms with Crippen LogP contribution in [0.2, 0.25) is 0 Å². The maximum Gasteiger partial charge on any atom is 0.340 e. The molecule has 1 N–H and O–H groups in total. The van der Waals surface area contributed by atoms with Gasteiger partial charge in [0.1, 0.15) is 11.5 Å². The van der Waals surface area contributed by atoms with Crippen LogP contribution >= 0.6 is 0 Å². The fourth-order valence-electron chi connectivity index (χ4n) is 1.77. The Labute approximate surface area is 129 Å². The van der Waals surface area contributed by atoms with Crippen LogP contribution in [-0.4, -0.2) is 29.8 Å². The molecule has 0 saturated carbocycles. The van der Waals surface area contributed by atoms with E-state index in [2.05, 4.69) is 4.74 Å². The van der Waals surface area contributed by atoms with Crippen LogP contribution in [0.25, 0.3) is 0 Å². The van der Waals surface area contributed by atoms with Crippen molar-refractivity contribution in [2.24, 2.45) is 0 Å². The molecule has 0 atom stereocenters. The Morgan fingerprint density at radius 2 is 1.70 bits per heavy atom. The van der Waals surface area contributed by atoms with E-state index in [1.807, 2.05) is 0 Å². The second-order valence-corrected chi connectivity index (χ2v) is 4.72. The average Bonchev–Trinajstić information content (AvgIpc) is 2.53. The topological polar surface area (TPSA) is 46.5 Å². The van der Waals surface area contributed by atoms with Crippen LogP contribution in [0, 0.1) is 0 Å². The van der Waals surface area contributed by atoms with Gasteiger partial charge in [-0.2, -0.15) is 8.78 Å². The second-order valence-electron chi connectivity index (χ2n) is 4.72. The Bertz CT molecular complexity index is 684. The summed E-state index contributed by atoms with van der Waals surface area (Å²) in [4.78, 5) is 12.2. The molecule has 122 valence electrons. The number of rotatable bonds is 6. The van der Waals surface area contributed by atoms with Crippen LogP contribution in [0.3, 0.4) is 0 Å². The summed E-state index contributed by atoms with van der Waals surface area (Å²) in [5.74, 6) is -4.97. The van der Waals surface area contributed by atoms with E-state index in [4.69, 9.17) is 0 Å². The first-order chi connectivity index (χ1) is 10.8. The van der Waals surface area contributed by atoms with Crippen LogP contribution in [0.15, 0.2) is 48.5 Å². The highest BCUT2D eigenvalue weighted by Crippen LogP contribution is 2.25. The zero-order valence-electron chi connectivity index (χ0n) is 11.7. The number of ether oxygens (including phenoxy) is 1. The predicted octanol–water partition coefficient (Wildman–Crippen LogP) is 3.90. The smallest absolute Gasteiger partial charge is 0.340 e. The lowest BCUT2D eigenvalue weighted by Crippen LogP contribution is -2.33. The first-order valence-corrected chi connectivity index (χ1v) is 6.53.